The van der Waals surface area contributed by atoms with E-state index in [-0.39, 0.29) is 13.0 Å². The molecule has 0 aliphatic carbocycles. The third-order valence-corrected chi connectivity index (χ3v) is 1.74. The maximum Gasteiger partial charge on any atom is 0.261 e. The molecule has 1 heterocycles. The Morgan fingerprint density at radius 2 is 2.00 bits per heavy atom. The maximum absolute atomic E-state index is 11.7. The molecule has 6 heteroatoms. The monoisotopic (exact) mass is 218 g/mol. The van der Waals surface area contributed by atoms with Gasteiger partial charge in [0.2, 0.25) is 0 Å². The van der Waals surface area contributed by atoms with Crippen LogP contribution in [0.15, 0.2) is 18.7 Å². The highest BCUT2D eigenvalue weighted by molar-refractivity contribution is 5.05. The summed E-state index contributed by atoms with van der Waals surface area (Å²) in [5, 5.41) is 9.54. The molecule has 15 heavy (non-hydrogen) atoms. The Labute approximate surface area is 85.9 Å². The Balaban J connectivity index is 2.22. The van der Waals surface area contributed by atoms with Crippen molar-refractivity contribution in [3.05, 3.63) is 24.3 Å². The number of hydrogen-bond acceptors (Lipinski definition) is 4. The lowest BCUT2D eigenvalue weighted by atomic mass is 10.1. The number of rotatable bonds is 6. The van der Waals surface area contributed by atoms with Gasteiger partial charge in [0, 0.05) is 31.0 Å². The Bertz CT molecular complexity index is 272. The molecular formula is C9H12F2N2O2. The van der Waals surface area contributed by atoms with Gasteiger partial charge in [-0.2, -0.15) is 0 Å². The topological polar surface area (TPSA) is 55.2 Å². The molecule has 1 aromatic rings. The summed E-state index contributed by atoms with van der Waals surface area (Å²) >= 11 is 0. The minimum absolute atomic E-state index is 0.0837. The predicted octanol–water partition coefficient (Wildman–Crippen LogP) is 1.18. The summed E-state index contributed by atoms with van der Waals surface area (Å²) < 4.78 is 28.0. The van der Waals surface area contributed by atoms with Gasteiger partial charge in [-0.15, -0.1) is 0 Å². The number of nitrogens with zero attached hydrogens (tertiary/aromatic N) is 2. The normalized spacial score (nSPS) is 13.1. The van der Waals surface area contributed by atoms with E-state index in [0.717, 1.165) is 0 Å². The Morgan fingerprint density at radius 3 is 2.60 bits per heavy atom. The van der Waals surface area contributed by atoms with Gasteiger partial charge in [-0.05, 0) is 0 Å². The summed E-state index contributed by atoms with van der Waals surface area (Å²) in [5.74, 6) is 0. The van der Waals surface area contributed by atoms with E-state index >= 15 is 0 Å². The lowest BCUT2D eigenvalue weighted by Crippen LogP contribution is -2.08. The minimum Gasteiger partial charge on any atom is -0.388 e. The number of aliphatic hydroxyl groups excluding tert-OH is 1. The van der Waals surface area contributed by atoms with Crippen LogP contribution in [0, 0.1) is 0 Å². The van der Waals surface area contributed by atoms with Gasteiger partial charge in [0.25, 0.3) is 6.43 Å². The first-order valence-electron chi connectivity index (χ1n) is 4.49. The van der Waals surface area contributed by atoms with E-state index in [1.54, 1.807) is 0 Å². The number of hydrogen-bond donors (Lipinski definition) is 1. The number of alkyl halides is 2. The van der Waals surface area contributed by atoms with Crippen molar-refractivity contribution in [3.63, 3.8) is 0 Å². The van der Waals surface area contributed by atoms with Gasteiger partial charge in [-0.1, -0.05) is 0 Å². The van der Waals surface area contributed by atoms with Crippen molar-refractivity contribution in [1.82, 2.24) is 9.97 Å². The van der Waals surface area contributed by atoms with Crippen molar-refractivity contribution in [3.8, 4) is 0 Å². The number of halogens is 2. The van der Waals surface area contributed by atoms with Gasteiger partial charge >= 0.3 is 0 Å². The lowest BCUT2D eigenvalue weighted by Gasteiger charge is -2.09. The first-order valence-corrected chi connectivity index (χ1v) is 4.49. The van der Waals surface area contributed by atoms with E-state index in [1.165, 1.54) is 18.7 Å². The Hall–Kier alpha value is -1.14. The van der Waals surface area contributed by atoms with E-state index in [0.29, 0.717) is 5.56 Å². The van der Waals surface area contributed by atoms with E-state index < -0.39 is 19.1 Å². The summed E-state index contributed by atoms with van der Waals surface area (Å²) in [5.41, 5.74) is 0.554. The highest BCUT2D eigenvalue weighted by Gasteiger charge is 2.08. The van der Waals surface area contributed by atoms with Gasteiger partial charge in [0.15, 0.2) is 0 Å². The third kappa shape index (κ3) is 4.75. The molecule has 1 N–H and O–H groups in total. The molecule has 1 unspecified atom stereocenters. The molecule has 0 aliphatic heterocycles. The molecule has 0 fully saturated rings. The molecule has 0 aliphatic rings. The van der Waals surface area contributed by atoms with E-state index in [9.17, 15) is 13.9 Å². The van der Waals surface area contributed by atoms with Crippen LogP contribution >= 0.6 is 0 Å². The van der Waals surface area contributed by atoms with Crippen molar-refractivity contribution in [2.45, 2.75) is 19.0 Å². The summed E-state index contributed by atoms with van der Waals surface area (Å²) in [4.78, 5) is 7.46. The van der Waals surface area contributed by atoms with Crippen LogP contribution in [0.3, 0.4) is 0 Å². The van der Waals surface area contributed by atoms with Crippen LogP contribution in [0.2, 0.25) is 0 Å². The Kier molecular flexibility index (Phi) is 5.06. The summed E-state index contributed by atoms with van der Waals surface area (Å²) in [6.07, 6.45) is 1.31. The summed E-state index contributed by atoms with van der Waals surface area (Å²) in [6, 6.07) is 0. The van der Waals surface area contributed by atoms with E-state index in [1.807, 2.05) is 0 Å². The van der Waals surface area contributed by atoms with Crippen molar-refractivity contribution in [1.29, 1.82) is 0 Å². The molecule has 0 amide bonds. The molecule has 1 rings (SSSR count). The maximum atomic E-state index is 11.7. The second-order valence-corrected chi connectivity index (χ2v) is 2.94. The average Bonchev–Trinajstić information content (AvgIpc) is 2.25. The quantitative estimate of drug-likeness (QED) is 0.728. The van der Waals surface area contributed by atoms with Crippen molar-refractivity contribution in [2.75, 3.05) is 13.2 Å². The molecule has 0 aromatic carbocycles. The molecule has 0 spiro atoms. The smallest absolute Gasteiger partial charge is 0.261 e. The molecule has 0 bridgehead atoms. The molecule has 84 valence electrons. The molecule has 0 saturated heterocycles. The average molecular weight is 218 g/mol. The largest absolute Gasteiger partial charge is 0.388 e. The second-order valence-electron chi connectivity index (χ2n) is 2.94. The zero-order valence-electron chi connectivity index (χ0n) is 8.01. The van der Waals surface area contributed by atoms with Crippen LogP contribution in [0.1, 0.15) is 18.1 Å². The standard InChI is InChI=1S/C9H12F2N2O2/c10-9(11)5-15-2-1-8(14)7-3-12-6-13-4-7/h3-4,6,8-9,14H,1-2,5H2. The fourth-order valence-electron chi connectivity index (χ4n) is 1.02. The van der Waals surface area contributed by atoms with Crippen LogP contribution in [0.25, 0.3) is 0 Å². The Morgan fingerprint density at radius 1 is 1.33 bits per heavy atom. The first-order chi connectivity index (χ1) is 7.20. The number of aromatic nitrogens is 2. The minimum atomic E-state index is -2.47. The van der Waals surface area contributed by atoms with Gasteiger partial charge in [-0.25, -0.2) is 18.7 Å². The molecule has 4 nitrogen and oxygen atoms in total. The van der Waals surface area contributed by atoms with Crippen molar-refractivity contribution < 1.29 is 18.6 Å². The third-order valence-electron chi connectivity index (χ3n) is 1.74. The van der Waals surface area contributed by atoms with Crippen LogP contribution < -0.4 is 0 Å². The van der Waals surface area contributed by atoms with Gasteiger partial charge in [-0.3, -0.25) is 0 Å². The van der Waals surface area contributed by atoms with Gasteiger partial charge in [0.05, 0.1) is 6.10 Å². The van der Waals surface area contributed by atoms with Crippen molar-refractivity contribution in [2.24, 2.45) is 0 Å². The summed E-state index contributed by atoms with van der Waals surface area (Å²) in [7, 11) is 0. The first kappa shape index (κ1) is 11.9. The SMILES string of the molecule is OC(CCOCC(F)F)c1cncnc1. The van der Waals surface area contributed by atoms with Crippen LogP contribution in [-0.2, 0) is 4.74 Å². The highest BCUT2D eigenvalue weighted by atomic mass is 19.3. The fraction of sp³-hybridized carbons (Fsp3) is 0.556. The fourth-order valence-corrected chi connectivity index (χ4v) is 1.02. The highest BCUT2D eigenvalue weighted by Crippen LogP contribution is 2.13. The van der Waals surface area contributed by atoms with Gasteiger partial charge in [0.1, 0.15) is 12.9 Å². The molecular weight excluding hydrogens is 206 g/mol. The van der Waals surface area contributed by atoms with Crippen molar-refractivity contribution >= 4 is 0 Å². The van der Waals surface area contributed by atoms with E-state index in [4.69, 9.17) is 0 Å². The molecule has 0 radical (unpaired) electrons. The zero-order valence-corrected chi connectivity index (χ0v) is 8.01. The molecule has 0 saturated carbocycles. The van der Waals surface area contributed by atoms with Crippen LogP contribution in [-0.4, -0.2) is 34.7 Å². The predicted molar refractivity (Wildman–Crippen MR) is 48.4 cm³/mol. The van der Waals surface area contributed by atoms with E-state index in [2.05, 4.69) is 14.7 Å². The number of aliphatic hydroxyl groups is 1. The zero-order chi connectivity index (χ0) is 11.1. The molecule has 1 atom stereocenters. The van der Waals surface area contributed by atoms with Crippen LogP contribution in [0.5, 0.6) is 0 Å². The van der Waals surface area contributed by atoms with Gasteiger partial charge < -0.3 is 9.84 Å². The number of ether oxygens (including phenoxy) is 1. The second kappa shape index (κ2) is 6.36. The lowest BCUT2D eigenvalue weighted by molar-refractivity contribution is 0.00475. The summed E-state index contributed by atoms with van der Waals surface area (Å²) in [6.45, 7) is -0.515. The molecule has 1 aromatic heterocycles. The van der Waals surface area contributed by atoms with Crippen LogP contribution in [0.4, 0.5) is 8.78 Å².